The minimum atomic E-state index is -1.18. The second kappa shape index (κ2) is 9.17. The van der Waals surface area contributed by atoms with E-state index < -0.39 is 23.5 Å². The predicted molar refractivity (Wildman–Crippen MR) is 123 cm³/mol. The topological polar surface area (TPSA) is 111 Å². The van der Waals surface area contributed by atoms with Gasteiger partial charge in [0.05, 0.1) is 17.8 Å². The molecule has 2 aromatic carbocycles. The molecule has 0 unspecified atom stereocenters. The molecule has 2 aliphatic rings. The number of anilines is 2. The number of ether oxygens (including phenoxy) is 3. The quantitative estimate of drug-likeness (QED) is 0.514. The molecular formula is C25H26N2O7. The molecule has 0 aliphatic carbocycles. The number of carbonyl (C=O) groups is 4. The average molecular weight is 466 g/mol. The van der Waals surface area contributed by atoms with Crippen molar-refractivity contribution in [2.45, 2.75) is 45.3 Å². The van der Waals surface area contributed by atoms with Crippen LogP contribution in [0.15, 0.2) is 42.5 Å². The fraction of sp³-hybridized carbons (Fsp3) is 0.360. The van der Waals surface area contributed by atoms with E-state index in [0.29, 0.717) is 41.7 Å². The van der Waals surface area contributed by atoms with Crippen LogP contribution in [0.4, 0.5) is 11.4 Å². The summed E-state index contributed by atoms with van der Waals surface area (Å²) in [5, 5.41) is 2.79. The van der Waals surface area contributed by atoms with Crippen molar-refractivity contribution in [1.82, 2.24) is 0 Å². The van der Waals surface area contributed by atoms with Crippen molar-refractivity contribution in [3.05, 3.63) is 48.0 Å². The molecule has 2 aromatic rings. The normalized spacial score (nSPS) is 16.7. The van der Waals surface area contributed by atoms with Gasteiger partial charge in [0.2, 0.25) is 5.91 Å². The molecule has 2 amide bonds. The maximum absolute atomic E-state index is 13.2. The van der Waals surface area contributed by atoms with Crippen molar-refractivity contribution in [2.24, 2.45) is 0 Å². The number of nitrogens with one attached hydrogen (secondary N) is 1. The van der Waals surface area contributed by atoms with Gasteiger partial charge in [0.1, 0.15) is 18.8 Å². The standard InChI is InChI=1S/C25H26N2O7/c1-15(23(30)27-18-7-5-4-6-17(18)26-24(31)25(27,2)3)34-22(29)11-9-19(28)16-8-10-20-21(14-16)33-13-12-32-20/h4-8,10,14-15H,9,11-13H2,1-3H3,(H,26,31)/t15-/m0/s1. The Labute approximate surface area is 197 Å². The molecule has 4 rings (SSSR count). The second-order valence-corrected chi connectivity index (χ2v) is 8.62. The number of Topliss-reactive ketones (excluding diaryl/α,β-unsaturated/α-hetero) is 1. The highest BCUT2D eigenvalue weighted by Gasteiger charge is 2.45. The SMILES string of the molecule is C[C@H](OC(=O)CCC(=O)c1ccc2c(c1)OCCO2)C(=O)N1c2ccccc2NC(=O)C1(C)C. The van der Waals surface area contributed by atoms with Crippen LogP contribution < -0.4 is 19.7 Å². The van der Waals surface area contributed by atoms with Crippen LogP contribution in [0.5, 0.6) is 11.5 Å². The van der Waals surface area contributed by atoms with E-state index in [9.17, 15) is 19.2 Å². The number of fused-ring (bicyclic) bond motifs is 2. The van der Waals surface area contributed by atoms with Crippen molar-refractivity contribution in [3.63, 3.8) is 0 Å². The van der Waals surface area contributed by atoms with E-state index in [-0.39, 0.29) is 24.5 Å². The predicted octanol–water partition coefficient (Wildman–Crippen LogP) is 3.12. The highest BCUT2D eigenvalue weighted by Crippen LogP contribution is 2.37. The fourth-order valence-corrected chi connectivity index (χ4v) is 3.91. The van der Waals surface area contributed by atoms with Crippen LogP contribution >= 0.6 is 0 Å². The first-order valence-electron chi connectivity index (χ1n) is 11.1. The number of rotatable bonds is 6. The molecule has 9 heteroatoms. The van der Waals surface area contributed by atoms with Gasteiger partial charge in [0, 0.05) is 12.0 Å². The summed E-state index contributed by atoms with van der Waals surface area (Å²) in [5.41, 5.74) is 0.247. The van der Waals surface area contributed by atoms with Crippen molar-refractivity contribution in [2.75, 3.05) is 23.4 Å². The monoisotopic (exact) mass is 466 g/mol. The first kappa shape index (κ1) is 23.3. The van der Waals surface area contributed by atoms with Crippen molar-refractivity contribution in [1.29, 1.82) is 0 Å². The van der Waals surface area contributed by atoms with E-state index in [4.69, 9.17) is 14.2 Å². The highest BCUT2D eigenvalue weighted by molar-refractivity contribution is 6.15. The smallest absolute Gasteiger partial charge is 0.307 e. The van der Waals surface area contributed by atoms with Gasteiger partial charge in [-0.15, -0.1) is 0 Å². The van der Waals surface area contributed by atoms with Gasteiger partial charge in [-0.05, 0) is 51.1 Å². The first-order valence-corrected chi connectivity index (χ1v) is 11.1. The molecule has 34 heavy (non-hydrogen) atoms. The van der Waals surface area contributed by atoms with Crippen LogP contribution in [0.2, 0.25) is 0 Å². The van der Waals surface area contributed by atoms with Gasteiger partial charge in [-0.3, -0.25) is 24.1 Å². The Morgan fingerprint density at radius 2 is 1.76 bits per heavy atom. The zero-order chi connectivity index (χ0) is 24.5. The third kappa shape index (κ3) is 4.46. The molecule has 0 saturated heterocycles. The van der Waals surface area contributed by atoms with Crippen molar-refractivity contribution in [3.8, 4) is 11.5 Å². The number of esters is 1. The zero-order valence-corrected chi connectivity index (χ0v) is 19.3. The van der Waals surface area contributed by atoms with Gasteiger partial charge in [-0.2, -0.15) is 0 Å². The molecular weight excluding hydrogens is 440 g/mol. The summed E-state index contributed by atoms with van der Waals surface area (Å²) < 4.78 is 16.3. The van der Waals surface area contributed by atoms with Gasteiger partial charge >= 0.3 is 5.97 Å². The Balaban J connectivity index is 1.38. The van der Waals surface area contributed by atoms with E-state index in [0.717, 1.165) is 0 Å². The third-order valence-corrected chi connectivity index (χ3v) is 5.80. The van der Waals surface area contributed by atoms with E-state index in [1.54, 1.807) is 56.3 Å². The van der Waals surface area contributed by atoms with Crippen LogP contribution in [0.3, 0.4) is 0 Å². The largest absolute Gasteiger partial charge is 0.486 e. The zero-order valence-electron chi connectivity index (χ0n) is 19.3. The number of ketones is 1. The molecule has 2 aliphatic heterocycles. The minimum absolute atomic E-state index is 0.0835. The van der Waals surface area contributed by atoms with E-state index >= 15 is 0 Å². The van der Waals surface area contributed by atoms with Gasteiger partial charge < -0.3 is 19.5 Å². The molecule has 9 nitrogen and oxygen atoms in total. The summed E-state index contributed by atoms with van der Waals surface area (Å²) in [6.45, 7) is 5.55. The Kier molecular flexibility index (Phi) is 6.28. The van der Waals surface area contributed by atoms with Crippen LogP contribution in [0.1, 0.15) is 44.0 Å². The number of benzene rings is 2. The van der Waals surface area contributed by atoms with Crippen LogP contribution in [-0.4, -0.2) is 48.4 Å². The summed E-state index contributed by atoms with van der Waals surface area (Å²) in [6, 6.07) is 11.8. The highest BCUT2D eigenvalue weighted by atomic mass is 16.6. The Bertz CT molecular complexity index is 1160. The van der Waals surface area contributed by atoms with Gasteiger partial charge in [0.15, 0.2) is 23.4 Å². The maximum atomic E-state index is 13.2. The van der Waals surface area contributed by atoms with Crippen LogP contribution in [0.25, 0.3) is 0 Å². The summed E-state index contributed by atoms with van der Waals surface area (Å²) in [6.07, 6.45) is -1.42. The molecule has 1 atom stereocenters. The molecule has 0 fully saturated rings. The number of carbonyl (C=O) groups excluding carboxylic acids is 4. The molecule has 0 bridgehead atoms. The first-order chi connectivity index (χ1) is 16.2. The number of nitrogens with zero attached hydrogens (tertiary/aromatic N) is 1. The lowest BCUT2D eigenvalue weighted by Gasteiger charge is -2.42. The number of para-hydroxylation sites is 2. The van der Waals surface area contributed by atoms with E-state index in [1.165, 1.54) is 11.8 Å². The van der Waals surface area contributed by atoms with Crippen LogP contribution in [0, 0.1) is 0 Å². The molecule has 0 saturated carbocycles. The molecule has 2 heterocycles. The van der Waals surface area contributed by atoms with Gasteiger partial charge in [-0.1, -0.05) is 12.1 Å². The fourth-order valence-electron chi connectivity index (χ4n) is 3.91. The van der Waals surface area contributed by atoms with E-state index in [2.05, 4.69) is 5.32 Å². The van der Waals surface area contributed by atoms with Gasteiger partial charge in [-0.25, -0.2) is 0 Å². The number of hydrogen-bond donors (Lipinski definition) is 1. The van der Waals surface area contributed by atoms with Crippen LogP contribution in [-0.2, 0) is 19.1 Å². The molecule has 0 aromatic heterocycles. The Morgan fingerprint density at radius 1 is 1.06 bits per heavy atom. The lowest BCUT2D eigenvalue weighted by atomic mass is 9.95. The Morgan fingerprint density at radius 3 is 2.53 bits per heavy atom. The Hall–Kier alpha value is -3.88. The molecule has 178 valence electrons. The van der Waals surface area contributed by atoms with Crippen molar-refractivity contribution >= 4 is 34.9 Å². The number of hydrogen-bond acceptors (Lipinski definition) is 7. The summed E-state index contributed by atoms with van der Waals surface area (Å²) >= 11 is 0. The number of amides is 2. The van der Waals surface area contributed by atoms with Gasteiger partial charge in [0.25, 0.3) is 5.91 Å². The molecule has 1 N–H and O–H groups in total. The summed E-state index contributed by atoms with van der Waals surface area (Å²) in [7, 11) is 0. The second-order valence-electron chi connectivity index (χ2n) is 8.62. The third-order valence-electron chi connectivity index (χ3n) is 5.80. The summed E-state index contributed by atoms with van der Waals surface area (Å²) in [5.74, 6) is -0.741. The summed E-state index contributed by atoms with van der Waals surface area (Å²) in [4.78, 5) is 52.1. The van der Waals surface area contributed by atoms with Crippen molar-refractivity contribution < 1.29 is 33.4 Å². The molecule has 0 radical (unpaired) electrons. The average Bonchev–Trinajstić information content (AvgIpc) is 2.82. The maximum Gasteiger partial charge on any atom is 0.307 e. The molecule has 0 spiro atoms. The lowest BCUT2D eigenvalue weighted by molar-refractivity contribution is -0.154. The lowest BCUT2D eigenvalue weighted by Crippen LogP contribution is -2.60. The van der Waals surface area contributed by atoms with E-state index in [1.807, 2.05) is 0 Å². The minimum Gasteiger partial charge on any atom is -0.486 e.